The highest BCUT2D eigenvalue weighted by Crippen LogP contribution is 2.30. The van der Waals surface area contributed by atoms with Crippen LogP contribution in [0.5, 0.6) is 0 Å². The maximum Gasteiger partial charge on any atom is 0.148 e. The third-order valence-electron chi connectivity index (χ3n) is 3.77. The fourth-order valence-electron chi connectivity index (χ4n) is 2.63. The summed E-state index contributed by atoms with van der Waals surface area (Å²) in [5.74, 6) is 1.78. The number of anilines is 1. The number of rotatable bonds is 4. The smallest absolute Gasteiger partial charge is 0.148 e. The molecule has 114 valence electrons. The van der Waals surface area contributed by atoms with E-state index in [0.717, 1.165) is 27.4 Å². The second kappa shape index (κ2) is 5.81. The number of imidazole rings is 1. The minimum Gasteiger partial charge on any atom is -0.355 e. The molecule has 0 aliphatic rings. The van der Waals surface area contributed by atoms with Crippen molar-refractivity contribution in [3.8, 4) is 0 Å². The molecule has 0 saturated heterocycles. The maximum atomic E-state index is 4.52. The van der Waals surface area contributed by atoms with Gasteiger partial charge in [-0.1, -0.05) is 30.3 Å². The highest BCUT2D eigenvalue weighted by molar-refractivity contribution is 7.17. The van der Waals surface area contributed by atoms with Gasteiger partial charge >= 0.3 is 0 Å². The number of fused-ring (bicyclic) bond motifs is 1. The number of aryl methyl sites for hydroxylation is 1. The molecule has 4 rings (SSSR count). The summed E-state index contributed by atoms with van der Waals surface area (Å²) < 4.78 is 3.08. The van der Waals surface area contributed by atoms with Gasteiger partial charge in [0.25, 0.3) is 0 Å². The molecule has 0 bridgehead atoms. The van der Waals surface area contributed by atoms with Crippen molar-refractivity contribution < 1.29 is 0 Å². The quantitative estimate of drug-likeness (QED) is 0.623. The van der Waals surface area contributed by atoms with E-state index in [-0.39, 0.29) is 6.04 Å². The number of benzene rings is 1. The number of aromatic nitrogens is 4. The molecule has 5 nitrogen and oxygen atoms in total. The molecule has 1 atom stereocenters. The second-order valence-corrected chi connectivity index (χ2v) is 6.16. The van der Waals surface area contributed by atoms with E-state index in [2.05, 4.69) is 32.4 Å². The summed E-state index contributed by atoms with van der Waals surface area (Å²) in [4.78, 5) is 13.3. The first kappa shape index (κ1) is 13.9. The van der Waals surface area contributed by atoms with Crippen LogP contribution in [0.1, 0.15) is 17.4 Å². The molecule has 6 heteroatoms. The lowest BCUT2D eigenvalue weighted by atomic mass is 10.1. The molecule has 1 unspecified atom stereocenters. The third kappa shape index (κ3) is 2.57. The first-order chi connectivity index (χ1) is 11.3. The van der Waals surface area contributed by atoms with E-state index in [4.69, 9.17) is 0 Å². The van der Waals surface area contributed by atoms with Gasteiger partial charge in [0, 0.05) is 19.4 Å². The number of hydrogen-bond donors (Lipinski definition) is 1. The average molecular weight is 321 g/mol. The largest absolute Gasteiger partial charge is 0.355 e. The fourth-order valence-corrected chi connectivity index (χ4v) is 3.42. The third-order valence-corrected chi connectivity index (χ3v) is 4.68. The van der Waals surface area contributed by atoms with E-state index >= 15 is 0 Å². The van der Waals surface area contributed by atoms with Gasteiger partial charge in [-0.3, -0.25) is 0 Å². The van der Waals surface area contributed by atoms with Crippen molar-refractivity contribution in [2.45, 2.75) is 6.04 Å². The first-order valence-corrected chi connectivity index (χ1v) is 8.18. The normalized spacial score (nSPS) is 12.4. The zero-order valence-electron chi connectivity index (χ0n) is 12.5. The van der Waals surface area contributed by atoms with Crippen LogP contribution >= 0.6 is 11.3 Å². The summed E-state index contributed by atoms with van der Waals surface area (Å²) in [6.45, 7) is 0. The van der Waals surface area contributed by atoms with Crippen LogP contribution < -0.4 is 5.32 Å². The summed E-state index contributed by atoms with van der Waals surface area (Å²) in [5.41, 5.74) is 2.10. The van der Waals surface area contributed by atoms with Crippen molar-refractivity contribution in [1.82, 2.24) is 19.5 Å². The Labute approximate surface area is 137 Å². The van der Waals surface area contributed by atoms with Gasteiger partial charge in [0.1, 0.15) is 24.0 Å². The number of thiophene rings is 1. The minimum absolute atomic E-state index is 0.0728. The Kier molecular flexibility index (Phi) is 3.51. The van der Waals surface area contributed by atoms with E-state index in [0.29, 0.717) is 0 Å². The SMILES string of the molecule is Cn1ccnc1C(Nc1ncnc2ccsc12)c1ccccc1. The summed E-state index contributed by atoms with van der Waals surface area (Å²) in [7, 11) is 2.00. The molecule has 0 spiro atoms. The van der Waals surface area contributed by atoms with E-state index in [9.17, 15) is 0 Å². The van der Waals surface area contributed by atoms with Crippen LogP contribution in [0.4, 0.5) is 5.82 Å². The van der Waals surface area contributed by atoms with Crippen LogP contribution in [0.25, 0.3) is 10.2 Å². The predicted molar refractivity (Wildman–Crippen MR) is 92.5 cm³/mol. The van der Waals surface area contributed by atoms with E-state index in [1.54, 1.807) is 17.7 Å². The van der Waals surface area contributed by atoms with Crippen LogP contribution in [-0.4, -0.2) is 19.5 Å². The Hall–Kier alpha value is -2.73. The molecule has 0 fully saturated rings. The molecule has 0 aliphatic heterocycles. The summed E-state index contributed by atoms with van der Waals surface area (Å²) in [5, 5.41) is 5.57. The molecule has 0 amide bonds. The lowest BCUT2D eigenvalue weighted by Crippen LogP contribution is -2.17. The summed E-state index contributed by atoms with van der Waals surface area (Å²) in [6, 6.07) is 12.2. The van der Waals surface area contributed by atoms with Gasteiger partial charge in [0.05, 0.1) is 10.2 Å². The number of hydrogen-bond acceptors (Lipinski definition) is 5. The zero-order valence-corrected chi connectivity index (χ0v) is 13.4. The van der Waals surface area contributed by atoms with Gasteiger partial charge in [-0.2, -0.15) is 0 Å². The Balaban J connectivity index is 1.80. The molecule has 4 aromatic rings. The average Bonchev–Trinajstić information content (AvgIpc) is 3.22. The van der Waals surface area contributed by atoms with Crippen LogP contribution in [0.15, 0.2) is 60.5 Å². The predicted octanol–water partition coefficient (Wildman–Crippen LogP) is 3.63. The van der Waals surface area contributed by atoms with Gasteiger partial charge in [-0.05, 0) is 17.0 Å². The fraction of sp³-hybridized carbons (Fsp3) is 0.118. The molecule has 1 N–H and O–H groups in total. The van der Waals surface area contributed by atoms with Crippen molar-refractivity contribution in [1.29, 1.82) is 0 Å². The highest BCUT2D eigenvalue weighted by atomic mass is 32.1. The molecule has 3 heterocycles. The minimum atomic E-state index is -0.0728. The Bertz CT molecular complexity index is 928. The maximum absolute atomic E-state index is 4.52. The van der Waals surface area contributed by atoms with Crippen molar-refractivity contribution in [2.75, 3.05) is 5.32 Å². The van der Waals surface area contributed by atoms with E-state index in [1.165, 1.54) is 0 Å². The Morgan fingerprint density at radius 1 is 1.09 bits per heavy atom. The van der Waals surface area contributed by atoms with Gasteiger partial charge in [0.15, 0.2) is 0 Å². The molecule has 0 radical (unpaired) electrons. The van der Waals surface area contributed by atoms with E-state index in [1.807, 2.05) is 53.7 Å². The molecule has 23 heavy (non-hydrogen) atoms. The van der Waals surface area contributed by atoms with Crippen molar-refractivity contribution in [2.24, 2.45) is 7.05 Å². The van der Waals surface area contributed by atoms with Crippen molar-refractivity contribution >= 4 is 27.4 Å². The molecular weight excluding hydrogens is 306 g/mol. The zero-order chi connectivity index (χ0) is 15.6. The van der Waals surface area contributed by atoms with Gasteiger partial charge in [0.2, 0.25) is 0 Å². The van der Waals surface area contributed by atoms with Crippen molar-refractivity contribution in [3.05, 3.63) is 71.9 Å². The summed E-state index contributed by atoms with van der Waals surface area (Å²) >= 11 is 1.64. The number of nitrogens with zero attached hydrogens (tertiary/aromatic N) is 4. The summed E-state index contributed by atoms with van der Waals surface area (Å²) in [6.07, 6.45) is 5.36. The molecule has 0 aliphatic carbocycles. The molecule has 1 aromatic carbocycles. The van der Waals surface area contributed by atoms with Crippen LogP contribution in [0.3, 0.4) is 0 Å². The molecule has 3 aromatic heterocycles. The van der Waals surface area contributed by atoms with Crippen LogP contribution in [0.2, 0.25) is 0 Å². The highest BCUT2D eigenvalue weighted by Gasteiger charge is 2.20. The lowest BCUT2D eigenvalue weighted by molar-refractivity contribution is 0.746. The Morgan fingerprint density at radius 2 is 1.96 bits per heavy atom. The van der Waals surface area contributed by atoms with Crippen LogP contribution in [0, 0.1) is 0 Å². The Morgan fingerprint density at radius 3 is 2.74 bits per heavy atom. The van der Waals surface area contributed by atoms with Crippen molar-refractivity contribution in [3.63, 3.8) is 0 Å². The van der Waals surface area contributed by atoms with Gasteiger partial charge in [-0.15, -0.1) is 11.3 Å². The second-order valence-electron chi connectivity index (χ2n) is 5.24. The molecular formula is C17H15N5S. The molecule has 0 saturated carbocycles. The van der Waals surface area contributed by atoms with E-state index < -0.39 is 0 Å². The first-order valence-electron chi connectivity index (χ1n) is 7.30. The lowest BCUT2D eigenvalue weighted by Gasteiger charge is -2.20. The van der Waals surface area contributed by atoms with Gasteiger partial charge < -0.3 is 9.88 Å². The van der Waals surface area contributed by atoms with Crippen LogP contribution in [-0.2, 0) is 7.05 Å². The monoisotopic (exact) mass is 321 g/mol. The standard InChI is InChI=1S/C17H15N5S/c1-22-9-8-18-17(22)14(12-5-3-2-4-6-12)21-16-15-13(7-10-23-15)19-11-20-16/h2-11,14H,1H3,(H,19,20,21). The topological polar surface area (TPSA) is 55.6 Å². The number of nitrogens with one attached hydrogen (secondary N) is 1. The van der Waals surface area contributed by atoms with Gasteiger partial charge in [-0.25, -0.2) is 15.0 Å².